The van der Waals surface area contributed by atoms with Crippen LogP contribution in [0.5, 0.6) is 0 Å². The smallest absolute Gasteiger partial charge is 0.407 e. The topological polar surface area (TPSA) is 110 Å². The number of hydrogen-bond acceptors (Lipinski definition) is 7. The van der Waals surface area contributed by atoms with Gasteiger partial charge in [0.15, 0.2) is 5.82 Å². The van der Waals surface area contributed by atoms with E-state index in [0.29, 0.717) is 31.3 Å². The molecule has 9 heteroatoms. The van der Waals surface area contributed by atoms with Gasteiger partial charge in [0.2, 0.25) is 11.8 Å². The van der Waals surface area contributed by atoms with Gasteiger partial charge in [0, 0.05) is 25.0 Å². The van der Waals surface area contributed by atoms with E-state index in [4.69, 9.17) is 9.26 Å². The number of ether oxygens (including phenoxy) is 1. The summed E-state index contributed by atoms with van der Waals surface area (Å²) in [6.45, 7) is 15.8. The number of alkyl carbamates (subject to hydrolysis) is 1. The van der Waals surface area contributed by atoms with Crippen molar-refractivity contribution in [1.82, 2.24) is 25.7 Å². The van der Waals surface area contributed by atoms with Crippen molar-refractivity contribution in [2.75, 3.05) is 26.2 Å². The zero-order valence-corrected chi connectivity index (χ0v) is 19.4. The number of amides is 2. The lowest BCUT2D eigenvalue weighted by molar-refractivity contribution is -0.127. The molecule has 2 atom stereocenters. The molecular weight excluding hydrogens is 386 g/mol. The van der Waals surface area contributed by atoms with Crippen LogP contribution in [0.1, 0.15) is 79.1 Å². The maximum Gasteiger partial charge on any atom is 0.407 e. The Morgan fingerprint density at radius 1 is 1.20 bits per heavy atom. The summed E-state index contributed by atoms with van der Waals surface area (Å²) in [5, 5.41) is 9.66. The summed E-state index contributed by atoms with van der Waals surface area (Å²) in [5.74, 6) is 1.17. The molecule has 2 heterocycles. The molecule has 0 aromatic carbocycles. The van der Waals surface area contributed by atoms with Gasteiger partial charge in [0.1, 0.15) is 5.60 Å². The van der Waals surface area contributed by atoms with Gasteiger partial charge < -0.3 is 19.9 Å². The largest absolute Gasteiger partial charge is 0.444 e. The molecule has 1 aromatic rings. The number of nitrogens with one attached hydrogen (secondary N) is 2. The lowest BCUT2D eigenvalue weighted by atomic mass is 9.95. The van der Waals surface area contributed by atoms with E-state index in [1.165, 1.54) is 0 Å². The molecule has 1 aliphatic rings. The third-order valence-corrected chi connectivity index (χ3v) is 4.93. The van der Waals surface area contributed by atoms with Gasteiger partial charge in [0.05, 0.1) is 12.0 Å². The van der Waals surface area contributed by atoms with E-state index in [1.54, 1.807) is 0 Å². The van der Waals surface area contributed by atoms with E-state index in [9.17, 15) is 9.59 Å². The van der Waals surface area contributed by atoms with Crippen LogP contribution in [-0.4, -0.2) is 58.8 Å². The van der Waals surface area contributed by atoms with E-state index in [2.05, 4.69) is 25.7 Å². The predicted octanol–water partition coefficient (Wildman–Crippen LogP) is 2.78. The first-order valence-corrected chi connectivity index (χ1v) is 10.7. The fourth-order valence-electron chi connectivity index (χ4n) is 3.25. The van der Waals surface area contributed by atoms with Crippen molar-refractivity contribution in [2.24, 2.45) is 5.92 Å². The Morgan fingerprint density at radius 3 is 2.47 bits per heavy atom. The number of rotatable bonds is 6. The van der Waals surface area contributed by atoms with Crippen LogP contribution in [0.2, 0.25) is 0 Å². The van der Waals surface area contributed by atoms with Crippen LogP contribution in [0.3, 0.4) is 0 Å². The fraction of sp³-hybridized carbons (Fsp3) is 0.810. The molecule has 0 bridgehead atoms. The molecule has 2 N–H and O–H groups in total. The molecular formula is C21H37N5O4. The van der Waals surface area contributed by atoms with Gasteiger partial charge in [-0.05, 0) is 47.1 Å². The number of nitrogens with zero attached hydrogens (tertiary/aromatic N) is 3. The van der Waals surface area contributed by atoms with Gasteiger partial charge in [0.25, 0.3) is 0 Å². The summed E-state index contributed by atoms with van der Waals surface area (Å²) in [6.07, 6.45) is 1.29. The molecule has 0 spiro atoms. The summed E-state index contributed by atoms with van der Waals surface area (Å²) < 4.78 is 10.7. The van der Waals surface area contributed by atoms with Crippen molar-refractivity contribution in [1.29, 1.82) is 0 Å². The van der Waals surface area contributed by atoms with Gasteiger partial charge in [-0.2, -0.15) is 4.98 Å². The predicted molar refractivity (Wildman–Crippen MR) is 113 cm³/mol. The Morgan fingerprint density at radius 2 is 1.87 bits per heavy atom. The van der Waals surface area contributed by atoms with Crippen molar-refractivity contribution < 1.29 is 18.8 Å². The van der Waals surface area contributed by atoms with E-state index >= 15 is 0 Å². The normalized spacial score (nSPS) is 19.2. The van der Waals surface area contributed by atoms with Crippen molar-refractivity contribution in [2.45, 2.75) is 78.4 Å². The Hall–Kier alpha value is -2.16. The molecule has 2 unspecified atom stereocenters. The highest BCUT2D eigenvalue weighted by Crippen LogP contribution is 2.27. The molecule has 2 rings (SSSR count). The average molecular weight is 424 g/mol. The van der Waals surface area contributed by atoms with Crippen molar-refractivity contribution in [3.05, 3.63) is 11.7 Å². The molecule has 1 aliphatic heterocycles. The van der Waals surface area contributed by atoms with Crippen LogP contribution in [0.25, 0.3) is 0 Å². The molecule has 30 heavy (non-hydrogen) atoms. The Labute approximate surface area is 179 Å². The highest BCUT2D eigenvalue weighted by Gasteiger charge is 2.32. The zero-order valence-electron chi connectivity index (χ0n) is 19.4. The molecule has 0 saturated carbocycles. The lowest BCUT2D eigenvalue weighted by Crippen LogP contribution is -2.45. The maximum absolute atomic E-state index is 12.6. The third-order valence-electron chi connectivity index (χ3n) is 4.93. The first-order chi connectivity index (χ1) is 13.9. The molecule has 1 fully saturated rings. The van der Waals surface area contributed by atoms with Crippen molar-refractivity contribution in [3.8, 4) is 0 Å². The summed E-state index contributed by atoms with van der Waals surface area (Å²) in [6, 6.07) is -0.0435. The van der Waals surface area contributed by atoms with Crippen LogP contribution in [-0.2, 0) is 14.9 Å². The zero-order chi connectivity index (χ0) is 22.5. The van der Waals surface area contributed by atoms with Crippen LogP contribution in [0.15, 0.2) is 4.52 Å². The first-order valence-electron chi connectivity index (χ1n) is 10.7. The van der Waals surface area contributed by atoms with Crippen molar-refractivity contribution in [3.63, 3.8) is 0 Å². The standard InChI is InChI=1S/C21H37N5O4/c1-14(17-24-18(25-30-17)20(2,3)4)26-12-8-9-15(13-26)16(27)22-10-11-23-19(28)29-21(5,6)7/h14-15H,8-13H2,1-7H3,(H,22,27)(H,23,28). The maximum atomic E-state index is 12.6. The van der Waals surface area contributed by atoms with Crippen LogP contribution < -0.4 is 10.6 Å². The van der Waals surface area contributed by atoms with E-state index in [-0.39, 0.29) is 23.3 Å². The van der Waals surface area contributed by atoms with Gasteiger partial charge in [-0.3, -0.25) is 9.69 Å². The van der Waals surface area contributed by atoms with Crippen molar-refractivity contribution >= 4 is 12.0 Å². The summed E-state index contributed by atoms with van der Waals surface area (Å²) in [4.78, 5) is 31.0. The number of likely N-dealkylation sites (tertiary alicyclic amines) is 1. The minimum atomic E-state index is -0.540. The molecule has 170 valence electrons. The van der Waals surface area contributed by atoms with E-state index in [0.717, 1.165) is 19.4 Å². The van der Waals surface area contributed by atoms with Gasteiger partial charge in [-0.25, -0.2) is 4.79 Å². The quantitative estimate of drug-likeness (QED) is 0.677. The second kappa shape index (κ2) is 9.76. The number of aromatic nitrogens is 2. The SMILES string of the molecule is CC(c1nc(C(C)(C)C)no1)N1CCCC(C(=O)NCCNC(=O)OC(C)(C)C)C1. The van der Waals surface area contributed by atoms with E-state index in [1.807, 2.05) is 48.5 Å². The fourth-order valence-corrected chi connectivity index (χ4v) is 3.25. The van der Waals surface area contributed by atoms with E-state index < -0.39 is 11.7 Å². The highest BCUT2D eigenvalue weighted by molar-refractivity contribution is 5.79. The van der Waals surface area contributed by atoms with Crippen LogP contribution >= 0.6 is 0 Å². The molecule has 0 radical (unpaired) electrons. The molecule has 1 aromatic heterocycles. The summed E-state index contributed by atoms with van der Waals surface area (Å²) in [7, 11) is 0. The number of carbonyl (C=O) groups is 2. The number of hydrogen-bond donors (Lipinski definition) is 2. The molecule has 0 aliphatic carbocycles. The Balaban J connectivity index is 1.80. The monoisotopic (exact) mass is 423 g/mol. The summed E-state index contributed by atoms with van der Waals surface area (Å²) >= 11 is 0. The second-order valence-corrected chi connectivity index (χ2v) is 9.94. The third kappa shape index (κ3) is 7.27. The highest BCUT2D eigenvalue weighted by atomic mass is 16.6. The van der Waals surface area contributed by atoms with Crippen LogP contribution in [0.4, 0.5) is 4.79 Å². The lowest BCUT2D eigenvalue weighted by Gasteiger charge is -2.34. The number of piperidine rings is 1. The summed E-state index contributed by atoms with van der Waals surface area (Å²) in [5.41, 5.74) is -0.708. The first kappa shape index (κ1) is 24.1. The molecule has 9 nitrogen and oxygen atoms in total. The molecule has 2 amide bonds. The second-order valence-electron chi connectivity index (χ2n) is 9.94. The Bertz CT molecular complexity index is 720. The minimum absolute atomic E-state index is 0.00111. The number of carbonyl (C=O) groups excluding carboxylic acids is 2. The Kier molecular flexibility index (Phi) is 7.85. The minimum Gasteiger partial charge on any atom is -0.444 e. The molecule has 1 saturated heterocycles. The van der Waals surface area contributed by atoms with Gasteiger partial charge in [-0.1, -0.05) is 25.9 Å². The van der Waals surface area contributed by atoms with Crippen LogP contribution in [0, 0.1) is 5.92 Å². The average Bonchev–Trinajstić information content (AvgIpc) is 3.13. The van der Waals surface area contributed by atoms with Gasteiger partial charge in [-0.15, -0.1) is 0 Å². The van der Waals surface area contributed by atoms with Gasteiger partial charge >= 0.3 is 6.09 Å².